The average Bonchev–Trinajstić information content (AvgIpc) is 2.16. The van der Waals surface area contributed by atoms with Gasteiger partial charge in [0.15, 0.2) is 0 Å². The van der Waals surface area contributed by atoms with Crippen molar-refractivity contribution in [3.8, 4) is 0 Å². The highest BCUT2D eigenvalue weighted by atomic mass is 15.2. The molecular weight excluding hydrogens is 186 g/mol. The normalized spacial score (nSPS) is 15.4. The Kier molecular flexibility index (Phi) is 2.11. The molecule has 0 aliphatic carbocycles. The van der Waals surface area contributed by atoms with Crippen LogP contribution in [0.2, 0.25) is 0 Å². The minimum atomic E-state index is -0.00584. The topological polar surface area (TPSA) is 28.5 Å². The molecule has 3 nitrogen and oxygen atoms in total. The van der Waals surface area contributed by atoms with Gasteiger partial charge < -0.3 is 4.90 Å². The van der Waals surface area contributed by atoms with Crippen molar-refractivity contribution in [3.63, 3.8) is 0 Å². The number of rotatable bonds is 0. The van der Waals surface area contributed by atoms with Crippen LogP contribution >= 0.6 is 0 Å². The average molecular weight is 201 g/mol. The molecular formula is C12H15N3. The third kappa shape index (κ3) is 1.65. The van der Waals surface area contributed by atoms with E-state index in [1.54, 1.807) is 6.20 Å². The highest BCUT2D eigenvalue weighted by molar-refractivity contribution is 5.86. The number of hydrogen-bond donors (Lipinski definition) is 0. The summed E-state index contributed by atoms with van der Waals surface area (Å²) in [5.74, 6) is 0. The largest absolute Gasteiger partial charge is 0.327 e. The second kappa shape index (κ2) is 3.19. The highest BCUT2D eigenvalue weighted by Gasteiger charge is 2.25. The molecule has 1 aromatic heterocycles. The van der Waals surface area contributed by atoms with Gasteiger partial charge in [0.2, 0.25) is 0 Å². The van der Waals surface area contributed by atoms with E-state index in [1.807, 2.05) is 18.6 Å². The van der Waals surface area contributed by atoms with Crippen molar-refractivity contribution in [2.75, 3.05) is 0 Å². The van der Waals surface area contributed by atoms with E-state index in [0.29, 0.717) is 0 Å². The summed E-state index contributed by atoms with van der Waals surface area (Å²) < 4.78 is 0. The Bertz CT molecular complexity index is 427. The van der Waals surface area contributed by atoms with Gasteiger partial charge in [0.1, 0.15) is 0 Å². The van der Waals surface area contributed by atoms with Crippen LogP contribution in [0.1, 0.15) is 26.3 Å². The number of pyridine rings is 1. The summed E-state index contributed by atoms with van der Waals surface area (Å²) in [7, 11) is 0. The Morgan fingerprint density at radius 2 is 2.07 bits per heavy atom. The lowest BCUT2D eigenvalue weighted by molar-refractivity contribution is 0.334. The summed E-state index contributed by atoms with van der Waals surface area (Å²) in [4.78, 5) is 10.6. The molecule has 0 bridgehead atoms. The van der Waals surface area contributed by atoms with Crippen molar-refractivity contribution in [1.82, 2.24) is 9.88 Å². The molecule has 0 unspecified atom stereocenters. The van der Waals surface area contributed by atoms with E-state index in [4.69, 9.17) is 0 Å². The summed E-state index contributed by atoms with van der Waals surface area (Å²) >= 11 is 0. The van der Waals surface area contributed by atoms with Crippen LogP contribution in [0.3, 0.4) is 0 Å². The van der Waals surface area contributed by atoms with E-state index in [0.717, 1.165) is 16.9 Å². The molecule has 78 valence electrons. The van der Waals surface area contributed by atoms with Gasteiger partial charge in [-0.25, -0.2) is 4.99 Å². The lowest BCUT2D eigenvalue weighted by Gasteiger charge is -2.37. The first kappa shape index (κ1) is 9.90. The van der Waals surface area contributed by atoms with Crippen LogP contribution in [-0.4, -0.2) is 21.8 Å². The predicted molar refractivity (Wildman–Crippen MR) is 63.0 cm³/mol. The maximum atomic E-state index is 4.39. The third-order valence-electron chi connectivity index (χ3n) is 2.43. The molecule has 0 atom stereocenters. The van der Waals surface area contributed by atoms with E-state index >= 15 is 0 Å². The molecule has 3 heteroatoms. The zero-order chi connectivity index (χ0) is 11.1. The lowest BCUT2D eigenvalue weighted by atomic mass is 10.0. The van der Waals surface area contributed by atoms with Crippen LogP contribution in [0.4, 0.5) is 5.69 Å². The van der Waals surface area contributed by atoms with Gasteiger partial charge in [-0.1, -0.05) is 6.58 Å². The molecule has 1 aromatic rings. The molecule has 0 saturated heterocycles. The number of nitrogens with zero attached hydrogens (tertiary/aromatic N) is 3. The summed E-state index contributed by atoms with van der Waals surface area (Å²) in [5.41, 5.74) is 2.90. The molecule has 0 N–H and O–H groups in total. The van der Waals surface area contributed by atoms with Gasteiger partial charge in [0.25, 0.3) is 0 Å². The van der Waals surface area contributed by atoms with Gasteiger partial charge in [0.05, 0.1) is 12.0 Å². The van der Waals surface area contributed by atoms with Crippen LogP contribution in [-0.2, 0) is 0 Å². The first-order valence-corrected chi connectivity index (χ1v) is 4.97. The van der Waals surface area contributed by atoms with Crippen LogP contribution < -0.4 is 0 Å². The fraction of sp³-hybridized carbons (Fsp3) is 0.333. The summed E-state index contributed by atoms with van der Waals surface area (Å²) in [6.45, 7) is 10.5. The molecule has 0 amide bonds. The third-order valence-corrected chi connectivity index (χ3v) is 2.43. The van der Waals surface area contributed by atoms with E-state index in [-0.39, 0.29) is 5.54 Å². The second-order valence-corrected chi connectivity index (χ2v) is 4.62. The first-order valence-electron chi connectivity index (χ1n) is 4.97. The summed E-state index contributed by atoms with van der Waals surface area (Å²) in [6, 6.07) is 1.90. The van der Waals surface area contributed by atoms with E-state index in [2.05, 4.69) is 42.2 Å². The van der Waals surface area contributed by atoms with E-state index < -0.39 is 0 Å². The van der Waals surface area contributed by atoms with Gasteiger partial charge in [-0.3, -0.25) is 4.98 Å². The van der Waals surface area contributed by atoms with Gasteiger partial charge in [0, 0.05) is 29.2 Å². The zero-order valence-electron chi connectivity index (χ0n) is 9.36. The zero-order valence-corrected chi connectivity index (χ0v) is 9.36. The molecule has 15 heavy (non-hydrogen) atoms. The number of fused-ring (bicyclic) bond motifs is 1. The summed E-state index contributed by atoms with van der Waals surface area (Å²) in [6.07, 6.45) is 5.40. The van der Waals surface area contributed by atoms with Crippen molar-refractivity contribution in [2.45, 2.75) is 26.3 Å². The molecule has 0 fully saturated rings. The Morgan fingerprint density at radius 3 is 2.73 bits per heavy atom. The van der Waals surface area contributed by atoms with Crippen molar-refractivity contribution < 1.29 is 0 Å². The van der Waals surface area contributed by atoms with Crippen LogP contribution in [0, 0.1) is 0 Å². The number of hydrogen-bond acceptors (Lipinski definition) is 3. The van der Waals surface area contributed by atoms with Crippen LogP contribution in [0.15, 0.2) is 30.0 Å². The maximum Gasteiger partial charge on any atom is 0.0962 e. The van der Waals surface area contributed by atoms with Crippen molar-refractivity contribution in [2.24, 2.45) is 4.99 Å². The molecule has 1 aliphatic rings. The minimum Gasteiger partial charge on any atom is -0.327 e. The minimum absolute atomic E-state index is 0.00584. The standard InChI is InChI=1S/C12H15N3/c1-9-10-7-13-6-5-11(10)14-8-15(9)12(2,3)4/h5-8H,1H2,2-4H3. The molecule has 0 radical (unpaired) electrons. The monoisotopic (exact) mass is 201 g/mol. The highest BCUT2D eigenvalue weighted by Crippen LogP contribution is 2.33. The molecule has 0 aromatic carbocycles. The predicted octanol–water partition coefficient (Wildman–Crippen LogP) is 2.83. The molecule has 2 rings (SSSR count). The SMILES string of the molecule is C=C1c2cnccc2N=CN1C(C)(C)C. The van der Waals surface area contributed by atoms with E-state index in [9.17, 15) is 0 Å². The lowest BCUT2D eigenvalue weighted by Crippen LogP contribution is -2.39. The fourth-order valence-electron chi connectivity index (χ4n) is 1.62. The molecule has 2 heterocycles. The molecule has 0 spiro atoms. The number of aliphatic imine (C=N–C) groups is 1. The van der Waals surface area contributed by atoms with E-state index in [1.165, 1.54) is 0 Å². The Balaban J connectivity index is 2.46. The second-order valence-electron chi connectivity index (χ2n) is 4.62. The molecule has 1 aliphatic heterocycles. The van der Waals surface area contributed by atoms with Crippen LogP contribution in [0.25, 0.3) is 5.70 Å². The van der Waals surface area contributed by atoms with Gasteiger partial charge >= 0.3 is 0 Å². The maximum absolute atomic E-state index is 4.39. The van der Waals surface area contributed by atoms with Crippen molar-refractivity contribution >= 4 is 17.7 Å². The van der Waals surface area contributed by atoms with Gasteiger partial charge in [-0.05, 0) is 26.8 Å². The Morgan fingerprint density at radius 1 is 1.33 bits per heavy atom. The Labute approximate surface area is 90.2 Å². The summed E-state index contributed by atoms with van der Waals surface area (Å²) in [5, 5.41) is 0. The quantitative estimate of drug-likeness (QED) is 0.645. The van der Waals surface area contributed by atoms with Gasteiger partial charge in [-0.2, -0.15) is 0 Å². The van der Waals surface area contributed by atoms with Gasteiger partial charge in [-0.15, -0.1) is 0 Å². The fourth-order valence-corrected chi connectivity index (χ4v) is 1.62. The first-order chi connectivity index (χ1) is 7.00. The smallest absolute Gasteiger partial charge is 0.0962 e. The van der Waals surface area contributed by atoms with Crippen molar-refractivity contribution in [1.29, 1.82) is 0 Å². The number of aromatic nitrogens is 1. The molecule has 0 saturated carbocycles. The van der Waals surface area contributed by atoms with Crippen molar-refractivity contribution in [3.05, 3.63) is 30.6 Å². The Hall–Kier alpha value is -1.64. The van der Waals surface area contributed by atoms with Crippen LogP contribution in [0.5, 0.6) is 0 Å².